The number of amides is 1. The fourth-order valence-corrected chi connectivity index (χ4v) is 3.49. The third-order valence-electron chi connectivity index (χ3n) is 3.93. The van der Waals surface area contributed by atoms with Gasteiger partial charge in [0, 0.05) is 17.4 Å². The summed E-state index contributed by atoms with van der Waals surface area (Å²) < 4.78 is 24.7. The van der Waals surface area contributed by atoms with E-state index in [1.54, 1.807) is 12.1 Å². The van der Waals surface area contributed by atoms with E-state index in [1.807, 2.05) is 12.1 Å². The first-order valence-corrected chi connectivity index (χ1v) is 8.87. The second kappa shape index (κ2) is 7.77. The van der Waals surface area contributed by atoms with E-state index >= 15 is 0 Å². The summed E-state index contributed by atoms with van der Waals surface area (Å²) in [5, 5.41) is 2.99. The molecule has 0 saturated carbocycles. The molecule has 0 aliphatic carbocycles. The fraction of sp³-hybridized carbons (Fsp3) is 0.389. The average molecular weight is 349 g/mol. The maximum absolute atomic E-state index is 13.3. The minimum Gasteiger partial charge on any atom is -0.488 e. The monoisotopic (exact) mass is 349 g/mol. The van der Waals surface area contributed by atoms with Crippen molar-refractivity contribution in [3.05, 3.63) is 52.0 Å². The maximum Gasteiger partial charge on any atom is 0.261 e. The Morgan fingerprint density at radius 2 is 2.29 bits per heavy atom. The first-order valence-electron chi connectivity index (χ1n) is 8.05. The molecule has 3 rings (SSSR count). The highest BCUT2D eigenvalue weighted by Crippen LogP contribution is 2.21. The molecule has 24 heavy (non-hydrogen) atoms. The van der Waals surface area contributed by atoms with Crippen LogP contribution in [0, 0.1) is 5.82 Å². The largest absolute Gasteiger partial charge is 0.488 e. The van der Waals surface area contributed by atoms with Crippen molar-refractivity contribution in [2.24, 2.45) is 0 Å². The first kappa shape index (κ1) is 16.9. The highest BCUT2D eigenvalue weighted by molar-refractivity contribution is 7.14. The van der Waals surface area contributed by atoms with E-state index in [0.717, 1.165) is 6.42 Å². The zero-order chi connectivity index (χ0) is 16.9. The van der Waals surface area contributed by atoms with Gasteiger partial charge in [-0.15, -0.1) is 11.3 Å². The molecule has 0 bridgehead atoms. The summed E-state index contributed by atoms with van der Waals surface area (Å²) in [5.41, 5.74) is 0. The van der Waals surface area contributed by atoms with Crippen LogP contribution in [0.2, 0.25) is 0 Å². The highest BCUT2D eigenvalue weighted by atomic mass is 32.1. The number of rotatable bonds is 5. The summed E-state index contributed by atoms with van der Waals surface area (Å²) in [5.74, 6) is -0.000547. The van der Waals surface area contributed by atoms with Crippen LogP contribution in [-0.2, 0) is 11.2 Å². The van der Waals surface area contributed by atoms with E-state index < -0.39 is 0 Å². The van der Waals surface area contributed by atoms with Crippen LogP contribution in [0.25, 0.3) is 0 Å². The van der Waals surface area contributed by atoms with Crippen LogP contribution >= 0.6 is 11.3 Å². The number of thiophene rings is 1. The predicted octanol–water partition coefficient (Wildman–Crippen LogP) is 3.42. The topological polar surface area (TPSA) is 47.6 Å². The Balaban J connectivity index is 1.66. The molecule has 2 unspecified atom stereocenters. The van der Waals surface area contributed by atoms with E-state index in [4.69, 9.17) is 9.47 Å². The van der Waals surface area contributed by atoms with Crippen LogP contribution in [0.4, 0.5) is 4.39 Å². The number of aryl methyl sites for hydroxylation is 1. The van der Waals surface area contributed by atoms with Crippen molar-refractivity contribution >= 4 is 17.2 Å². The molecule has 0 radical (unpaired) electrons. The molecule has 1 aromatic carbocycles. The van der Waals surface area contributed by atoms with Gasteiger partial charge in [-0.25, -0.2) is 4.39 Å². The van der Waals surface area contributed by atoms with Gasteiger partial charge in [-0.2, -0.15) is 0 Å². The van der Waals surface area contributed by atoms with Gasteiger partial charge in [0.1, 0.15) is 17.7 Å². The Morgan fingerprint density at radius 1 is 1.42 bits per heavy atom. The molecule has 1 aliphatic heterocycles. The van der Waals surface area contributed by atoms with E-state index in [9.17, 15) is 9.18 Å². The van der Waals surface area contributed by atoms with Crippen molar-refractivity contribution in [1.82, 2.24) is 5.32 Å². The number of ether oxygens (including phenoxy) is 2. The normalized spacial score (nSPS) is 20.6. The average Bonchev–Trinajstić information content (AvgIpc) is 3.06. The van der Waals surface area contributed by atoms with Crippen molar-refractivity contribution in [3.63, 3.8) is 0 Å². The Bertz CT molecular complexity index is 703. The fourth-order valence-electron chi connectivity index (χ4n) is 2.64. The minimum atomic E-state index is -0.342. The number of nitrogens with one attached hydrogen (secondary N) is 1. The molecule has 6 heteroatoms. The SMILES string of the molecule is CCc1ccc(C(=O)NC2COCCC2Oc2cccc(F)c2)s1. The molecule has 2 aromatic rings. The number of benzene rings is 1. The summed E-state index contributed by atoms with van der Waals surface area (Å²) in [7, 11) is 0. The molecule has 1 N–H and O–H groups in total. The summed E-state index contributed by atoms with van der Waals surface area (Å²) in [6.45, 7) is 3.01. The van der Waals surface area contributed by atoms with Gasteiger partial charge in [-0.1, -0.05) is 13.0 Å². The van der Waals surface area contributed by atoms with E-state index in [2.05, 4.69) is 12.2 Å². The smallest absolute Gasteiger partial charge is 0.261 e. The Labute approximate surface area is 144 Å². The number of hydrogen-bond donors (Lipinski definition) is 1. The molecule has 128 valence electrons. The van der Waals surface area contributed by atoms with Gasteiger partial charge in [0.25, 0.3) is 5.91 Å². The van der Waals surface area contributed by atoms with Gasteiger partial charge in [0.2, 0.25) is 0 Å². The molecule has 1 saturated heterocycles. The number of hydrogen-bond acceptors (Lipinski definition) is 4. The van der Waals surface area contributed by atoms with E-state index in [-0.39, 0.29) is 23.9 Å². The second-order valence-electron chi connectivity index (χ2n) is 5.68. The minimum absolute atomic E-state index is 0.122. The van der Waals surface area contributed by atoms with Crippen molar-refractivity contribution < 1.29 is 18.7 Å². The number of carbonyl (C=O) groups excluding carboxylic acids is 1. The number of halogens is 1. The molecule has 2 atom stereocenters. The van der Waals surface area contributed by atoms with Crippen LogP contribution in [0.15, 0.2) is 36.4 Å². The Hall–Kier alpha value is -1.92. The van der Waals surface area contributed by atoms with Gasteiger partial charge >= 0.3 is 0 Å². The Morgan fingerprint density at radius 3 is 3.04 bits per heavy atom. The highest BCUT2D eigenvalue weighted by Gasteiger charge is 2.29. The van der Waals surface area contributed by atoms with Crippen molar-refractivity contribution in [2.75, 3.05) is 13.2 Å². The summed E-state index contributed by atoms with van der Waals surface area (Å²) in [6, 6.07) is 9.59. The van der Waals surface area contributed by atoms with Crippen molar-refractivity contribution in [2.45, 2.75) is 31.9 Å². The lowest BCUT2D eigenvalue weighted by atomic mass is 10.1. The lowest BCUT2D eigenvalue weighted by Crippen LogP contribution is -2.51. The molecule has 1 aromatic heterocycles. The maximum atomic E-state index is 13.3. The Kier molecular flexibility index (Phi) is 5.48. The lowest BCUT2D eigenvalue weighted by Gasteiger charge is -2.32. The summed E-state index contributed by atoms with van der Waals surface area (Å²) >= 11 is 1.49. The predicted molar refractivity (Wildman–Crippen MR) is 91.2 cm³/mol. The first-order chi connectivity index (χ1) is 11.7. The molecular formula is C18H20FNO3S. The third kappa shape index (κ3) is 4.13. The van der Waals surface area contributed by atoms with Gasteiger partial charge in [0.15, 0.2) is 0 Å². The van der Waals surface area contributed by atoms with Gasteiger partial charge < -0.3 is 14.8 Å². The van der Waals surface area contributed by atoms with Crippen molar-refractivity contribution in [3.8, 4) is 5.75 Å². The molecule has 1 aliphatic rings. The standard InChI is InChI=1S/C18H20FNO3S/c1-2-14-6-7-17(24-14)18(21)20-15-11-22-9-8-16(15)23-13-5-3-4-12(19)10-13/h3-7,10,15-16H,2,8-9,11H2,1H3,(H,20,21). The number of carbonyl (C=O) groups is 1. The molecule has 1 fully saturated rings. The zero-order valence-electron chi connectivity index (χ0n) is 13.5. The van der Waals surface area contributed by atoms with Crippen LogP contribution in [0.1, 0.15) is 27.9 Å². The summed E-state index contributed by atoms with van der Waals surface area (Å²) in [4.78, 5) is 14.3. The molecular weight excluding hydrogens is 329 g/mol. The quantitative estimate of drug-likeness (QED) is 0.900. The van der Waals surface area contributed by atoms with Crippen molar-refractivity contribution in [1.29, 1.82) is 0 Å². The zero-order valence-corrected chi connectivity index (χ0v) is 14.3. The lowest BCUT2D eigenvalue weighted by molar-refractivity contribution is -0.00292. The second-order valence-corrected chi connectivity index (χ2v) is 6.85. The van der Waals surface area contributed by atoms with Crippen LogP contribution < -0.4 is 10.1 Å². The van der Waals surface area contributed by atoms with Crippen LogP contribution in [0.3, 0.4) is 0 Å². The summed E-state index contributed by atoms with van der Waals surface area (Å²) in [6.07, 6.45) is 1.32. The molecule has 2 heterocycles. The van der Waals surface area contributed by atoms with E-state index in [0.29, 0.717) is 30.3 Å². The van der Waals surface area contributed by atoms with Gasteiger partial charge in [0.05, 0.1) is 24.1 Å². The molecule has 0 spiro atoms. The molecule has 1 amide bonds. The van der Waals surface area contributed by atoms with Crippen LogP contribution in [0.5, 0.6) is 5.75 Å². The van der Waals surface area contributed by atoms with Gasteiger partial charge in [-0.3, -0.25) is 4.79 Å². The van der Waals surface area contributed by atoms with E-state index in [1.165, 1.54) is 28.3 Å². The van der Waals surface area contributed by atoms with Crippen LogP contribution in [-0.4, -0.2) is 31.3 Å². The molecule has 4 nitrogen and oxygen atoms in total. The third-order valence-corrected chi connectivity index (χ3v) is 5.16. The van der Waals surface area contributed by atoms with Gasteiger partial charge in [-0.05, 0) is 30.7 Å².